The van der Waals surface area contributed by atoms with Crippen molar-refractivity contribution in [2.24, 2.45) is 23.7 Å². The van der Waals surface area contributed by atoms with Gasteiger partial charge in [0.25, 0.3) is 0 Å². The molecule has 4 rings (SSSR count). The van der Waals surface area contributed by atoms with E-state index in [4.69, 9.17) is 23.2 Å². The Morgan fingerprint density at radius 2 is 1.33 bits per heavy atom. The second-order valence-corrected chi connectivity index (χ2v) is 5.89. The van der Waals surface area contributed by atoms with Gasteiger partial charge < -0.3 is 0 Å². The van der Waals surface area contributed by atoms with Crippen LogP contribution < -0.4 is 0 Å². The molecule has 0 aliphatic heterocycles. The molecule has 6 atom stereocenters. The highest BCUT2D eigenvalue weighted by Crippen LogP contribution is 2.57. The van der Waals surface area contributed by atoms with Gasteiger partial charge in [0.15, 0.2) is 0 Å². The van der Waals surface area contributed by atoms with Crippen LogP contribution in [0.5, 0.6) is 0 Å². The molecule has 0 heterocycles. The molecule has 4 bridgehead atoms. The minimum Gasteiger partial charge on any atom is -0.122 e. The van der Waals surface area contributed by atoms with Gasteiger partial charge in [0, 0.05) is 10.8 Å². The van der Waals surface area contributed by atoms with Crippen LogP contribution in [0.1, 0.15) is 25.7 Å². The topological polar surface area (TPSA) is 0 Å². The molecule has 4 saturated carbocycles. The molecule has 0 saturated heterocycles. The minimum atomic E-state index is 0.403. The van der Waals surface area contributed by atoms with E-state index in [9.17, 15) is 0 Å². The van der Waals surface area contributed by atoms with Crippen molar-refractivity contribution in [1.29, 1.82) is 0 Å². The monoisotopic (exact) mass is 204 g/mol. The fourth-order valence-corrected chi connectivity index (χ4v) is 4.77. The van der Waals surface area contributed by atoms with Gasteiger partial charge in [-0.2, -0.15) is 0 Å². The first-order chi connectivity index (χ1) is 5.75. The second-order valence-electron chi connectivity index (χ2n) is 4.88. The van der Waals surface area contributed by atoms with Crippen molar-refractivity contribution >= 4 is 23.2 Å². The molecule has 0 spiro atoms. The molecule has 4 unspecified atom stereocenters. The third-order valence-corrected chi connectivity index (χ3v) is 5.56. The van der Waals surface area contributed by atoms with Crippen LogP contribution in [0.3, 0.4) is 0 Å². The van der Waals surface area contributed by atoms with Crippen LogP contribution >= 0.6 is 23.2 Å². The first kappa shape index (κ1) is 7.94. The maximum atomic E-state index is 6.38. The van der Waals surface area contributed by atoms with Crippen molar-refractivity contribution < 1.29 is 0 Å². The molecule has 4 aliphatic rings. The number of rotatable bonds is 0. The lowest BCUT2D eigenvalue weighted by Gasteiger charge is -2.54. The normalized spacial score (nSPS) is 62.5. The van der Waals surface area contributed by atoms with Gasteiger partial charge in [-0.25, -0.2) is 0 Å². The van der Waals surface area contributed by atoms with Crippen molar-refractivity contribution in [3.8, 4) is 0 Å². The Bertz CT molecular complexity index is 186. The third-order valence-electron chi connectivity index (χ3n) is 4.20. The predicted molar refractivity (Wildman–Crippen MR) is 51.7 cm³/mol. The van der Waals surface area contributed by atoms with Crippen LogP contribution in [0.15, 0.2) is 0 Å². The number of alkyl halides is 2. The Hall–Kier alpha value is 0.580. The molecule has 0 radical (unpaired) electrons. The SMILES string of the molecule is Cl[C@@H]1C2CC3CC(C2)[C@H](Cl)C1C3. The minimum absolute atomic E-state index is 0.403. The highest BCUT2D eigenvalue weighted by molar-refractivity contribution is 6.24. The fourth-order valence-electron chi connectivity index (χ4n) is 3.77. The molecule has 0 aromatic rings. The summed E-state index contributed by atoms with van der Waals surface area (Å²) in [5, 5.41) is 0.806. The lowest BCUT2D eigenvalue weighted by atomic mass is 9.56. The summed E-state index contributed by atoms with van der Waals surface area (Å²) in [5.41, 5.74) is 0. The van der Waals surface area contributed by atoms with E-state index in [0.717, 1.165) is 17.8 Å². The maximum Gasteiger partial charge on any atom is 0.0406 e. The van der Waals surface area contributed by atoms with Crippen LogP contribution in [0.25, 0.3) is 0 Å². The lowest BCUT2D eigenvalue weighted by Crippen LogP contribution is -2.52. The Balaban J connectivity index is 1.93. The summed E-state index contributed by atoms with van der Waals surface area (Å²) >= 11 is 12.8. The van der Waals surface area contributed by atoms with Gasteiger partial charge in [-0.05, 0) is 49.4 Å². The Morgan fingerprint density at radius 1 is 0.750 bits per heavy atom. The largest absolute Gasteiger partial charge is 0.122 e. The highest BCUT2D eigenvalue weighted by Gasteiger charge is 2.52. The molecular formula is C10H14Cl2. The molecule has 0 N–H and O–H groups in total. The Labute approximate surface area is 83.6 Å². The predicted octanol–water partition coefficient (Wildman–Crippen LogP) is 3.27. The van der Waals surface area contributed by atoms with Gasteiger partial charge in [0.05, 0.1) is 0 Å². The van der Waals surface area contributed by atoms with Crippen LogP contribution in [-0.2, 0) is 0 Å². The summed E-state index contributed by atoms with van der Waals surface area (Å²) in [6.07, 6.45) is 5.42. The van der Waals surface area contributed by atoms with Crippen molar-refractivity contribution in [2.75, 3.05) is 0 Å². The lowest BCUT2D eigenvalue weighted by molar-refractivity contribution is 0.0288. The molecule has 4 aliphatic carbocycles. The van der Waals surface area contributed by atoms with Gasteiger partial charge >= 0.3 is 0 Å². The van der Waals surface area contributed by atoms with Gasteiger partial charge in [0.2, 0.25) is 0 Å². The van der Waals surface area contributed by atoms with E-state index in [1.54, 1.807) is 0 Å². The molecule has 68 valence electrons. The average molecular weight is 205 g/mol. The smallest absolute Gasteiger partial charge is 0.0406 e. The first-order valence-corrected chi connectivity index (χ1v) is 5.91. The molecule has 2 heteroatoms. The van der Waals surface area contributed by atoms with Gasteiger partial charge in [-0.1, -0.05) is 0 Å². The van der Waals surface area contributed by atoms with Crippen LogP contribution in [0.2, 0.25) is 0 Å². The van der Waals surface area contributed by atoms with Gasteiger partial charge in [0.1, 0.15) is 0 Å². The molecular weight excluding hydrogens is 191 g/mol. The van der Waals surface area contributed by atoms with Crippen molar-refractivity contribution in [2.45, 2.75) is 36.4 Å². The zero-order valence-corrected chi connectivity index (χ0v) is 8.56. The van der Waals surface area contributed by atoms with E-state index in [1.807, 2.05) is 0 Å². The number of hydrogen-bond donors (Lipinski definition) is 0. The third kappa shape index (κ3) is 0.915. The highest BCUT2D eigenvalue weighted by atomic mass is 35.5. The van der Waals surface area contributed by atoms with Crippen LogP contribution in [-0.4, -0.2) is 10.8 Å². The first-order valence-electron chi connectivity index (χ1n) is 5.04. The van der Waals surface area contributed by atoms with E-state index >= 15 is 0 Å². The second kappa shape index (κ2) is 2.54. The van der Waals surface area contributed by atoms with E-state index in [1.165, 1.54) is 25.7 Å². The van der Waals surface area contributed by atoms with E-state index < -0.39 is 0 Å². The number of hydrogen-bond acceptors (Lipinski definition) is 0. The quantitative estimate of drug-likeness (QED) is 0.532. The summed E-state index contributed by atoms with van der Waals surface area (Å²) in [6.45, 7) is 0. The molecule has 4 fully saturated rings. The van der Waals surface area contributed by atoms with E-state index in [-0.39, 0.29) is 0 Å². The number of halogens is 2. The maximum absolute atomic E-state index is 6.38. The fraction of sp³-hybridized carbons (Fsp3) is 1.00. The summed E-state index contributed by atoms with van der Waals surface area (Å²) in [4.78, 5) is 0. The molecule has 0 aromatic carbocycles. The van der Waals surface area contributed by atoms with Crippen LogP contribution in [0.4, 0.5) is 0 Å². The standard InChI is InChI=1S/C10H14Cl2/c11-9-6-1-5-2-7(4-6)10(12)8(9)3-5/h5-10H,1-4H2/t5?,6?,7?,8?,9-,10+. The summed E-state index contributed by atoms with van der Waals surface area (Å²) in [7, 11) is 0. The molecule has 0 amide bonds. The van der Waals surface area contributed by atoms with Gasteiger partial charge in [-0.3, -0.25) is 0 Å². The Morgan fingerprint density at radius 3 is 1.92 bits per heavy atom. The van der Waals surface area contributed by atoms with E-state index in [0.29, 0.717) is 16.7 Å². The van der Waals surface area contributed by atoms with Crippen molar-refractivity contribution in [3.05, 3.63) is 0 Å². The van der Waals surface area contributed by atoms with E-state index in [2.05, 4.69) is 0 Å². The molecule has 12 heavy (non-hydrogen) atoms. The average Bonchev–Trinajstić information content (AvgIpc) is 2.07. The van der Waals surface area contributed by atoms with Crippen LogP contribution in [0, 0.1) is 23.7 Å². The molecule has 0 aromatic heterocycles. The Kier molecular flexibility index (Phi) is 1.68. The van der Waals surface area contributed by atoms with Gasteiger partial charge in [-0.15, -0.1) is 23.2 Å². The summed E-state index contributed by atoms with van der Waals surface area (Å²) < 4.78 is 0. The zero-order chi connectivity index (χ0) is 8.29. The molecule has 0 nitrogen and oxygen atoms in total. The summed E-state index contributed by atoms with van der Waals surface area (Å²) in [6, 6.07) is 0. The summed E-state index contributed by atoms with van der Waals surface area (Å²) in [5.74, 6) is 3.24. The van der Waals surface area contributed by atoms with Crippen molar-refractivity contribution in [3.63, 3.8) is 0 Å². The zero-order valence-electron chi connectivity index (χ0n) is 7.05. The van der Waals surface area contributed by atoms with Crippen molar-refractivity contribution in [1.82, 2.24) is 0 Å².